The number of rotatable bonds is 6. The Morgan fingerprint density at radius 3 is 1.85 bits per heavy atom. The molecule has 0 N–H and O–H groups in total. The van der Waals surface area contributed by atoms with E-state index >= 15 is 0 Å². The Morgan fingerprint density at radius 2 is 1.23 bits per heavy atom. The molecule has 270 valence electrons. The Kier molecular flexibility index (Phi) is 9.21. The molecule has 0 aliphatic carbocycles. The van der Waals surface area contributed by atoms with Crippen molar-refractivity contribution < 1.29 is 0 Å². The van der Waals surface area contributed by atoms with Gasteiger partial charge in [-0.2, -0.15) is 20.1 Å². The number of aromatic nitrogens is 14. The third kappa shape index (κ3) is 7.02. The second-order valence-corrected chi connectivity index (χ2v) is 13.5. The standard InChI is InChI=1S/C21H24N8.C16H18N8/c1-15-14-22-16(2)20-23-18(25-28(15)20)10-11-19-24-21(27-12-6-7-13-27)26-29(19)17-8-4-3-5-9-17;1-11-10-17-12(2)15-18-13(20-24(11)15)6-7-14-19-16(21-22(14)3)23-8-4-5-9-23/h3-5,8-9,14H,6-7,10-13H2,1-2H3;10H,4-5,8-9H2,1-3H3. The minimum atomic E-state index is 0.458. The van der Waals surface area contributed by atoms with E-state index in [4.69, 9.17) is 15.1 Å². The molecule has 0 spiro atoms. The Bertz CT molecular complexity index is 2370. The minimum Gasteiger partial charge on any atom is -0.340 e. The average Bonchev–Trinajstić information content (AvgIpc) is 4.01. The summed E-state index contributed by atoms with van der Waals surface area (Å²) >= 11 is 0. The molecule has 0 saturated carbocycles. The average molecular weight is 711 g/mol. The highest BCUT2D eigenvalue weighted by molar-refractivity contribution is 5.46. The second kappa shape index (κ2) is 14.4. The summed E-state index contributed by atoms with van der Waals surface area (Å²) in [7, 11) is 1.85. The Morgan fingerprint density at radius 1 is 0.623 bits per heavy atom. The number of benzene rings is 1. The van der Waals surface area contributed by atoms with Crippen molar-refractivity contribution in [1.82, 2.24) is 68.7 Å². The number of hydrogen-bond donors (Lipinski definition) is 0. The van der Waals surface area contributed by atoms with E-state index in [0.717, 1.165) is 95.9 Å². The van der Waals surface area contributed by atoms with E-state index in [2.05, 4.69) is 69.0 Å². The lowest BCUT2D eigenvalue weighted by Gasteiger charge is -2.10. The van der Waals surface area contributed by atoms with E-state index in [1.54, 1.807) is 15.4 Å². The lowest BCUT2D eigenvalue weighted by Crippen LogP contribution is -2.19. The molecule has 16 nitrogen and oxygen atoms in total. The SMILES string of the molecule is Cc1ncc(C)n2nc(C#Cc3nc(N4CCCC4)nn3C)nc12.Cc1ncc(C)n2nc(CCc3nc(N4CCCC4)nn3-c3ccccc3)nc12. The maximum Gasteiger partial charge on any atom is 0.245 e. The maximum atomic E-state index is 4.88. The summed E-state index contributed by atoms with van der Waals surface area (Å²) in [6.45, 7) is 11.9. The fourth-order valence-electron chi connectivity index (χ4n) is 6.58. The van der Waals surface area contributed by atoms with Crippen molar-refractivity contribution in [1.29, 1.82) is 0 Å². The van der Waals surface area contributed by atoms with Gasteiger partial charge in [0.15, 0.2) is 17.1 Å². The largest absolute Gasteiger partial charge is 0.340 e. The molecule has 0 radical (unpaired) electrons. The zero-order valence-corrected chi connectivity index (χ0v) is 30.8. The number of fused-ring (bicyclic) bond motifs is 2. The fraction of sp³-hybridized carbons (Fsp3) is 0.405. The monoisotopic (exact) mass is 710 g/mol. The second-order valence-electron chi connectivity index (χ2n) is 13.5. The van der Waals surface area contributed by atoms with Crippen LogP contribution in [0.5, 0.6) is 0 Å². The van der Waals surface area contributed by atoms with Crippen LogP contribution in [0.4, 0.5) is 11.9 Å². The summed E-state index contributed by atoms with van der Waals surface area (Å²) in [5, 5.41) is 18.4. The number of hydrogen-bond acceptors (Lipinski definition) is 12. The van der Waals surface area contributed by atoms with Crippen molar-refractivity contribution in [2.75, 3.05) is 36.0 Å². The highest BCUT2D eigenvalue weighted by Gasteiger charge is 2.21. The van der Waals surface area contributed by atoms with Gasteiger partial charge in [-0.25, -0.2) is 23.4 Å². The lowest BCUT2D eigenvalue weighted by molar-refractivity contribution is 0.742. The van der Waals surface area contributed by atoms with Crippen LogP contribution in [0.25, 0.3) is 17.0 Å². The summed E-state index contributed by atoms with van der Waals surface area (Å²) in [4.78, 5) is 31.7. The first-order valence-electron chi connectivity index (χ1n) is 18.1. The van der Waals surface area contributed by atoms with Crippen LogP contribution >= 0.6 is 0 Å². The lowest BCUT2D eigenvalue weighted by atomic mass is 10.2. The molecular weight excluding hydrogens is 669 g/mol. The summed E-state index contributed by atoms with van der Waals surface area (Å²) in [6.07, 6.45) is 9.81. The van der Waals surface area contributed by atoms with Crippen molar-refractivity contribution in [3.63, 3.8) is 0 Å². The third-order valence-electron chi connectivity index (χ3n) is 9.52. The highest BCUT2D eigenvalue weighted by Crippen LogP contribution is 2.21. The number of aryl methyl sites for hydroxylation is 7. The Hall–Kier alpha value is -6.24. The zero-order valence-electron chi connectivity index (χ0n) is 30.8. The molecule has 1 aromatic carbocycles. The van der Waals surface area contributed by atoms with Crippen LogP contribution in [0.1, 0.15) is 71.8 Å². The molecule has 0 bridgehead atoms. The molecule has 7 aromatic rings. The van der Waals surface area contributed by atoms with Crippen LogP contribution < -0.4 is 9.80 Å². The summed E-state index contributed by atoms with van der Waals surface area (Å²) in [5.41, 5.74) is 6.20. The van der Waals surface area contributed by atoms with E-state index in [9.17, 15) is 0 Å². The first-order valence-corrected chi connectivity index (χ1v) is 18.1. The quantitative estimate of drug-likeness (QED) is 0.232. The van der Waals surface area contributed by atoms with Crippen LogP contribution in [0.15, 0.2) is 42.7 Å². The summed E-state index contributed by atoms with van der Waals surface area (Å²) in [6, 6.07) is 10.2. The topological polar surface area (TPSA) is 154 Å². The van der Waals surface area contributed by atoms with Crippen LogP contribution in [0.2, 0.25) is 0 Å². The predicted molar refractivity (Wildman–Crippen MR) is 199 cm³/mol. The Labute approximate surface area is 307 Å². The van der Waals surface area contributed by atoms with E-state index in [0.29, 0.717) is 18.1 Å². The van der Waals surface area contributed by atoms with Gasteiger partial charge in [-0.15, -0.1) is 15.3 Å². The zero-order chi connectivity index (χ0) is 36.5. The molecule has 53 heavy (non-hydrogen) atoms. The molecule has 6 aromatic heterocycles. The van der Waals surface area contributed by atoms with Crippen molar-refractivity contribution in [3.8, 4) is 17.5 Å². The molecule has 2 fully saturated rings. The summed E-state index contributed by atoms with van der Waals surface area (Å²) in [5.74, 6) is 10.4. The van der Waals surface area contributed by atoms with Gasteiger partial charge in [0.05, 0.1) is 28.5 Å². The van der Waals surface area contributed by atoms with Crippen LogP contribution in [-0.2, 0) is 19.9 Å². The minimum absolute atomic E-state index is 0.458. The predicted octanol–water partition coefficient (Wildman–Crippen LogP) is 3.58. The summed E-state index contributed by atoms with van der Waals surface area (Å²) < 4.78 is 7.30. The van der Waals surface area contributed by atoms with Crippen LogP contribution in [-0.4, -0.2) is 94.9 Å². The van der Waals surface area contributed by atoms with Gasteiger partial charge in [-0.3, -0.25) is 9.97 Å². The maximum absolute atomic E-state index is 4.88. The van der Waals surface area contributed by atoms with Gasteiger partial charge < -0.3 is 9.80 Å². The van der Waals surface area contributed by atoms with E-state index in [-0.39, 0.29) is 0 Å². The number of nitrogens with zero attached hydrogens (tertiary/aromatic N) is 16. The van der Waals surface area contributed by atoms with E-state index in [1.165, 1.54) is 25.7 Å². The molecule has 9 rings (SSSR count). The normalized spacial score (nSPS) is 14.2. The van der Waals surface area contributed by atoms with Gasteiger partial charge in [0.2, 0.25) is 23.5 Å². The van der Waals surface area contributed by atoms with Crippen molar-refractivity contribution in [2.45, 2.75) is 66.2 Å². The van der Waals surface area contributed by atoms with Crippen molar-refractivity contribution in [3.05, 3.63) is 88.8 Å². The van der Waals surface area contributed by atoms with E-state index in [1.807, 2.05) is 68.3 Å². The first-order chi connectivity index (χ1) is 25.8. The van der Waals surface area contributed by atoms with Gasteiger partial charge >= 0.3 is 0 Å². The Balaban J connectivity index is 0.000000154. The molecule has 16 heteroatoms. The van der Waals surface area contributed by atoms with Crippen LogP contribution in [0, 0.1) is 39.5 Å². The molecule has 8 heterocycles. The van der Waals surface area contributed by atoms with Crippen LogP contribution in [0.3, 0.4) is 0 Å². The van der Waals surface area contributed by atoms with Gasteiger partial charge in [-0.05, 0) is 77.4 Å². The molecule has 2 aliphatic heterocycles. The van der Waals surface area contributed by atoms with Gasteiger partial charge in [-0.1, -0.05) is 18.2 Å². The molecule has 0 atom stereocenters. The third-order valence-corrected chi connectivity index (χ3v) is 9.52. The number of para-hydroxylation sites is 1. The highest BCUT2D eigenvalue weighted by atomic mass is 15.4. The molecule has 2 saturated heterocycles. The molecular formula is C37H42N16. The first kappa shape index (κ1) is 33.9. The molecule has 2 aliphatic rings. The smallest absolute Gasteiger partial charge is 0.245 e. The fourth-order valence-corrected chi connectivity index (χ4v) is 6.58. The van der Waals surface area contributed by atoms with Gasteiger partial charge in [0, 0.05) is 58.5 Å². The van der Waals surface area contributed by atoms with Gasteiger partial charge in [0.25, 0.3) is 0 Å². The molecule has 0 amide bonds. The van der Waals surface area contributed by atoms with Crippen molar-refractivity contribution >= 4 is 23.2 Å². The molecule has 0 unspecified atom stereocenters. The van der Waals surface area contributed by atoms with E-state index < -0.39 is 0 Å². The van der Waals surface area contributed by atoms with Gasteiger partial charge in [0.1, 0.15) is 5.82 Å². The number of anilines is 2. The van der Waals surface area contributed by atoms with Crippen molar-refractivity contribution in [2.24, 2.45) is 7.05 Å².